The summed E-state index contributed by atoms with van der Waals surface area (Å²) >= 11 is 1.63. The van der Waals surface area contributed by atoms with Crippen molar-refractivity contribution in [1.29, 1.82) is 0 Å². The molecule has 1 heterocycles. The Labute approximate surface area is 146 Å². The highest BCUT2D eigenvalue weighted by Crippen LogP contribution is 2.22. The fraction of sp³-hybridized carbons (Fsp3) is 0.250. The fourth-order valence-electron chi connectivity index (χ4n) is 2.62. The van der Waals surface area contributed by atoms with Crippen LogP contribution in [-0.4, -0.2) is 4.57 Å². The maximum Gasteiger partial charge on any atom is 0.190 e. The first-order valence-corrected chi connectivity index (χ1v) is 9.20. The van der Waals surface area contributed by atoms with Gasteiger partial charge in [0.15, 0.2) is 4.80 Å². The first kappa shape index (κ1) is 16.7. The summed E-state index contributed by atoms with van der Waals surface area (Å²) in [5.41, 5.74) is 3.08. The lowest BCUT2D eigenvalue weighted by atomic mass is 10.1. The van der Waals surface area contributed by atoms with Gasteiger partial charge in [-0.2, -0.15) is 0 Å². The Morgan fingerprint density at radius 2 is 1.75 bits per heavy atom. The Bertz CT molecular complexity index is 832. The van der Waals surface area contributed by atoms with Crippen LogP contribution in [0.2, 0.25) is 0 Å². The van der Waals surface area contributed by atoms with Gasteiger partial charge < -0.3 is 4.57 Å². The van der Waals surface area contributed by atoms with Crippen LogP contribution in [0.25, 0.3) is 11.3 Å². The van der Waals surface area contributed by atoms with Crippen LogP contribution in [0.5, 0.6) is 0 Å². The van der Waals surface area contributed by atoms with E-state index in [1.54, 1.807) is 11.3 Å². The smallest absolute Gasteiger partial charge is 0.190 e. The van der Waals surface area contributed by atoms with Gasteiger partial charge in [-0.05, 0) is 48.4 Å². The molecule has 0 aliphatic carbocycles. The lowest BCUT2D eigenvalue weighted by Gasteiger charge is -2.09. The lowest BCUT2D eigenvalue weighted by molar-refractivity contribution is 0.596. The molecule has 4 heteroatoms. The van der Waals surface area contributed by atoms with Crippen molar-refractivity contribution in [2.24, 2.45) is 4.99 Å². The third kappa shape index (κ3) is 4.01. The summed E-state index contributed by atoms with van der Waals surface area (Å²) in [5.74, 6) is -0.208. The van der Waals surface area contributed by atoms with Crippen molar-refractivity contribution >= 4 is 17.0 Å². The maximum absolute atomic E-state index is 13.2. The highest BCUT2D eigenvalue weighted by Gasteiger charge is 2.08. The minimum Gasteiger partial charge on any atom is -0.316 e. The second-order valence-corrected chi connectivity index (χ2v) is 6.55. The number of rotatable bonds is 6. The van der Waals surface area contributed by atoms with Gasteiger partial charge in [-0.15, -0.1) is 11.3 Å². The Morgan fingerprint density at radius 3 is 2.46 bits per heavy atom. The summed E-state index contributed by atoms with van der Waals surface area (Å²) in [6.07, 6.45) is 3.49. The molecule has 0 N–H and O–H groups in total. The quantitative estimate of drug-likeness (QED) is 0.506. The topological polar surface area (TPSA) is 17.3 Å². The second kappa shape index (κ2) is 8.06. The van der Waals surface area contributed by atoms with Crippen LogP contribution < -0.4 is 4.80 Å². The van der Waals surface area contributed by atoms with Gasteiger partial charge in [0.2, 0.25) is 0 Å². The number of hydrogen-bond donors (Lipinski definition) is 0. The van der Waals surface area contributed by atoms with E-state index in [0.29, 0.717) is 0 Å². The second-order valence-electron chi connectivity index (χ2n) is 5.72. The summed E-state index contributed by atoms with van der Waals surface area (Å²) in [6, 6.07) is 16.7. The van der Waals surface area contributed by atoms with E-state index >= 15 is 0 Å². The number of nitrogens with zero attached hydrogens (tertiary/aromatic N) is 2. The van der Waals surface area contributed by atoms with Crippen molar-refractivity contribution in [2.75, 3.05) is 0 Å². The van der Waals surface area contributed by atoms with Crippen LogP contribution in [0.4, 0.5) is 10.1 Å². The summed E-state index contributed by atoms with van der Waals surface area (Å²) < 4.78 is 15.5. The molecule has 0 aliphatic heterocycles. The van der Waals surface area contributed by atoms with E-state index in [1.807, 2.05) is 42.5 Å². The Morgan fingerprint density at radius 1 is 1.00 bits per heavy atom. The van der Waals surface area contributed by atoms with E-state index < -0.39 is 0 Å². The van der Waals surface area contributed by atoms with Crippen LogP contribution in [0.15, 0.2) is 65.0 Å². The molecule has 0 atom stereocenters. The molecule has 124 valence electrons. The minimum absolute atomic E-state index is 0.208. The zero-order chi connectivity index (χ0) is 16.8. The first-order chi connectivity index (χ1) is 11.8. The molecular weight excluding hydrogens is 319 g/mol. The van der Waals surface area contributed by atoms with Gasteiger partial charge in [0, 0.05) is 11.9 Å². The maximum atomic E-state index is 13.2. The molecule has 0 bridgehead atoms. The van der Waals surface area contributed by atoms with Crippen LogP contribution in [-0.2, 0) is 6.54 Å². The molecule has 0 unspecified atom stereocenters. The van der Waals surface area contributed by atoms with Gasteiger partial charge in [0.25, 0.3) is 0 Å². The Balaban J connectivity index is 2.03. The molecule has 2 aromatic carbocycles. The van der Waals surface area contributed by atoms with Crippen LogP contribution in [0.3, 0.4) is 0 Å². The van der Waals surface area contributed by atoms with E-state index in [0.717, 1.165) is 34.7 Å². The number of para-hydroxylation sites is 1. The van der Waals surface area contributed by atoms with Gasteiger partial charge in [-0.3, -0.25) is 0 Å². The summed E-state index contributed by atoms with van der Waals surface area (Å²) in [7, 11) is 0. The molecule has 1 aromatic heterocycles. The molecule has 24 heavy (non-hydrogen) atoms. The first-order valence-electron chi connectivity index (χ1n) is 8.32. The molecule has 3 aromatic rings. The highest BCUT2D eigenvalue weighted by atomic mass is 32.1. The molecule has 0 aliphatic rings. The van der Waals surface area contributed by atoms with E-state index in [1.165, 1.54) is 25.0 Å². The Kier molecular flexibility index (Phi) is 5.59. The van der Waals surface area contributed by atoms with Gasteiger partial charge in [0.1, 0.15) is 5.82 Å². The predicted molar refractivity (Wildman–Crippen MR) is 98.9 cm³/mol. The van der Waals surface area contributed by atoms with E-state index in [4.69, 9.17) is 4.99 Å². The highest BCUT2D eigenvalue weighted by molar-refractivity contribution is 7.07. The minimum atomic E-state index is -0.208. The number of benzene rings is 2. The van der Waals surface area contributed by atoms with Crippen molar-refractivity contribution in [2.45, 2.75) is 32.7 Å². The van der Waals surface area contributed by atoms with Crippen molar-refractivity contribution in [3.63, 3.8) is 0 Å². The van der Waals surface area contributed by atoms with Crippen LogP contribution in [0.1, 0.15) is 26.2 Å². The molecule has 0 saturated heterocycles. The van der Waals surface area contributed by atoms with Crippen molar-refractivity contribution in [1.82, 2.24) is 4.57 Å². The number of aromatic nitrogens is 1. The number of hydrogen-bond acceptors (Lipinski definition) is 2. The molecule has 0 saturated carbocycles. The molecule has 0 fully saturated rings. The third-order valence-corrected chi connectivity index (χ3v) is 4.77. The molecule has 0 radical (unpaired) electrons. The Hall–Kier alpha value is -2.20. The van der Waals surface area contributed by atoms with Gasteiger partial charge >= 0.3 is 0 Å². The molecule has 0 spiro atoms. The number of thiazole rings is 1. The zero-order valence-electron chi connectivity index (χ0n) is 13.8. The average molecular weight is 340 g/mol. The number of halogens is 1. The normalized spacial score (nSPS) is 11.8. The summed E-state index contributed by atoms with van der Waals surface area (Å²) in [6.45, 7) is 3.13. The van der Waals surface area contributed by atoms with Gasteiger partial charge in [0.05, 0.1) is 11.4 Å². The molecule has 2 nitrogen and oxygen atoms in total. The summed E-state index contributed by atoms with van der Waals surface area (Å²) in [5, 5.41) is 2.11. The third-order valence-electron chi connectivity index (χ3n) is 3.90. The SMILES string of the molecule is CCCCCn1c(-c2ccc(F)cc2)csc1=Nc1ccccc1. The van der Waals surface area contributed by atoms with Crippen molar-refractivity contribution in [3.8, 4) is 11.3 Å². The monoisotopic (exact) mass is 340 g/mol. The molecule has 0 amide bonds. The van der Waals surface area contributed by atoms with Crippen LogP contribution in [0, 0.1) is 5.82 Å². The molecular formula is C20H21FN2S. The fourth-order valence-corrected chi connectivity index (χ4v) is 3.57. The van der Waals surface area contributed by atoms with Gasteiger partial charge in [-0.1, -0.05) is 38.0 Å². The number of unbranched alkanes of at least 4 members (excludes halogenated alkanes) is 2. The lowest BCUT2D eigenvalue weighted by Crippen LogP contribution is -2.16. The van der Waals surface area contributed by atoms with E-state index in [9.17, 15) is 4.39 Å². The van der Waals surface area contributed by atoms with Crippen molar-refractivity contribution in [3.05, 3.63) is 70.6 Å². The largest absolute Gasteiger partial charge is 0.316 e. The van der Waals surface area contributed by atoms with E-state index in [-0.39, 0.29) is 5.82 Å². The van der Waals surface area contributed by atoms with E-state index in [2.05, 4.69) is 16.9 Å². The zero-order valence-corrected chi connectivity index (χ0v) is 14.6. The summed E-state index contributed by atoms with van der Waals surface area (Å²) in [4.78, 5) is 5.77. The van der Waals surface area contributed by atoms with Crippen molar-refractivity contribution < 1.29 is 4.39 Å². The average Bonchev–Trinajstić information content (AvgIpc) is 2.99. The molecule has 3 rings (SSSR count). The van der Waals surface area contributed by atoms with Gasteiger partial charge in [-0.25, -0.2) is 9.38 Å². The standard InChI is InChI=1S/C20H21FN2S/c1-2-3-7-14-23-19(16-10-12-17(21)13-11-16)15-24-20(23)22-18-8-5-4-6-9-18/h4-6,8-13,15H,2-3,7,14H2,1H3. The predicted octanol–water partition coefficient (Wildman–Crippen LogP) is 5.78. The van der Waals surface area contributed by atoms with Crippen LogP contribution >= 0.6 is 11.3 Å².